The van der Waals surface area contributed by atoms with Crippen molar-refractivity contribution < 1.29 is 0 Å². The summed E-state index contributed by atoms with van der Waals surface area (Å²) >= 11 is 6.01. The summed E-state index contributed by atoms with van der Waals surface area (Å²) < 4.78 is 0. The van der Waals surface area contributed by atoms with Gasteiger partial charge in [0.05, 0.1) is 0 Å². The maximum Gasteiger partial charge on any atom is 0.0408 e. The van der Waals surface area contributed by atoms with Gasteiger partial charge in [-0.1, -0.05) is 17.7 Å². The van der Waals surface area contributed by atoms with Crippen molar-refractivity contribution in [2.24, 2.45) is 5.41 Å². The minimum atomic E-state index is 0. The first kappa shape index (κ1) is 15.1. The van der Waals surface area contributed by atoms with Gasteiger partial charge in [-0.05, 0) is 61.5 Å². The van der Waals surface area contributed by atoms with E-state index in [1.807, 2.05) is 6.07 Å². The van der Waals surface area contributed by atoms with Gasteiger partial charge in [0.1, 0.15) is 0 Å². The Hall–Kier alpha value is -0.280. The predicted molar refractivity (Wildman–Crippen MR) is 83.3 cm³/mol. The van der Waals surface area contributed by atoms with E-state index in [4.69, 9.17) is 11.6 Å². The molecule has 0 radical (unpaired) electrons. The third-order valence-corrected chi connectivity index (χ3v) is 4.78. The second-order valence-electron chi connectivity index (χ2n) is 5.96. The Balaban J connectivity index is 0.00000133. The van der Waals surface area contributed by atoms with E-state index in [0.717, 1.165) is 11.6 Å². The fourth-order valence-corrected chi connectivity index (χ4v) is 3.61. The van der Waals surface area contributed by atoms with E-state index in [2.05, 4.69) is 29.3 Å². The van der Waals surface area contributed by atoms with E-state index < -0.39 is 0 Å². The SMILES string of the molecule is Cc1cc(Cl)ccc1CN1CCC2(CCNC2)C1.Cl. The molecule has 1 aromatic rings. The van der Waals surface area contributed by atoms with Crippen molar-refractivity contribution in [3.8, 4) is 0 Å². The minimum Gasteiger partial charge on any atom is -0.316 e. The van der Waals surface area contributed by atoms with Crippen LogP contribution in [-0.4, -0.2) is 31.1 Å². The molecule has 4 heteroatoms. The normalized spacial score (nSPS) is 26.8. The molecule has 2 fully saturated rings. The Morgan fingerprint density at radius 1 is 1.37 bits per heavy atom. The number of hydrogen-bond donors (Lipinski definition) is 1. The van der Waals surface area contributed by atoms with Crippen LogP contribution in [-0.2, 0) is 6.54 Å². The average Bonchev–Trinajstić information content (AvgIpc) is 2.94. The molecular formula is C15H22Cl2N2. The Morgan fingerprint density at radius 3 is 2.89 bits per heavy atom. The molecule has 2 saturated heterocycles. The molecule has 106 valence electrons. The average molecular weight is 301 g/mol. The highest BCUT2D eigenvalue weighted by Gasteiger charge is 2.40. The summed E-state index contributed by atoms with van der Waals surface area (Å²) in [5, 5.41) is 4.36. The second-order valence-corrected chi connectivity index (χ2v) is 6.39. The number of nitrogens with one attached hydrogen (secondary N) is 1. The first-order valence-electron chi connectivity index (χ1n) is 6.85. The van der Waals surface area contributed by atoms with Gasteiger partial charge >= 0.3 is 0 Å². The van der Waals surface area contributed by atoms with Crippen molar-refractivity contribution >= 4 is 24.0 Å². The highest BCUT2D eigenvalue weighted by atomic mass is 35.5. The van der Waals surface area contributed by atoms with Gasteiger partial charge in [0.25, 0.3) is 0 Å². The molecule has 0 aliphatic carbocycles. The minimum absolute atomic E-state index is 0. The zero-order valence-electron chi connectivity index (χ0n) is 11.4. The molecule has 1 aromatic carbocycles. The molecule has 1 N–H and O–H groups in total. The quantitative estimate of drug-likeness (QED) is 0.902. The van der Waals surface area contributed by atoms with Crippen LogP contribution in [0.4, 0.5) is 0 Å². The molecule has 2 aliphatic heterocycles. The zero-order valence-corrected chi connectivity index (χ0v) is 13.0. The highest BCUT2D eigenvalue weighted by Crippen LogP contribution is 2.36. The van der Waals surface area contributed by atoms with Crippen molar-refractivity contribution in [3.63, 3.8) is 0 Å². The predicted octanol–water partition coefficient (Wildman–Crippen LogP) is 3.26. The number of halogens is 2. The van der Waals surface area contributed by atoms with Crippen molar-refractivity contribution in [1.82, 2.24) is 10.2 Å². The lowest BCUT2D eigenvalue weighted by Gasteiger charge is -2.23. The summed E-state index contributed by atoms with van der Waals surface area (Å²) in [4.78, 5) is 2.60. The zero-order chi connectivity index (χ0) is 12.6. The third kappa shape index (κ3) is 3.25. The van der Waals surface area contributed by atoms with Crippen LogP contribution in [0, 0.1) is 12.3 Å². The van der Waals surface area contributed by atoms with E-state index in [0.29, 0.717) is 5.41 Å². The molecule has 1 unspecified atom stereocenters. The van der Waals surface area contributed by atoms with E-state index in [1.165, 1.54) is 50.1 Å². The van der Waals surface area contributed by atoms with E-state index in [1.54, 1.807) is 0 Å². The first-order chi connectivity index (χ1) is 8.67. The Kier molecular flexibility index (Phi) is 4.78. The van der Waals surface area contributed by atoms with Crippen LogP contribution in [0.15, 0.2) is 18.2 Å². The molecule has 0 amide bonds. The van der Waals surface area contributed by atoms with Crippen molar-refractivity contribution in [2.75, 3.05) is 26.2 Å². The molecule has 0 saturated carbocycles. The van der Waals surface area contributed by atoms with Gasteiger partial charge in [-0.15, -0.1) is 12.4 Å². The number of benzene rings is 1. The maximum atomic E-state index is 6.01. The number of rotatable bonds is 2. The first-order valence-corrected chi connectivity index (χ1v) is 7.23. The molecule has 0 bridgehead atoms. The summed E-state index contributed by atoms with van der Waals surface area (Å²) in [7, 11) is 0. The standard InChI is InChI=1S/C15H21ClN2.ClH/c1-12-8-14(16)3-2-13(12)9-18-7-5-15(11-18)4-6-17-10-15;/h2-3,8,17H,4-7,9-11H2,1H3;1H. The molecule has 0 aromatic heterocycles. The highest BCUT2D eigenvalue weighted by molar-refractivity contribution is 6.30. The largest absolute Gasteiger partial charge is 0.316 e. The Morgan fingerprint density at radius 2 is 2.21 bits per heavy atom. The van der Waals surface area contributed by atoms with Crippen molar-refractivity contribution in [3.05, 3.63) is 34.3 Å². The fourth-order valence-electron chi connectivity index (χ4n) is 3.38. The smallest absolute Gasteiger partial charge is 0.0408 e. The van der Waals surface area contributed by atoms with Gasteiger partial charge in [0.15, 0.2) is 0 Å². The lowest BCUT2D eigenvalue weighted by molar-refractivity contribution is 0.268. The number of nitrogens with zero attached hydrogens (tertiary/aromatic N) is 1. The van der Waals surface area contributed by atoms with E-state index >= 15 is 0 Å². The summed E-state index contributed by atoms with van der Waals surface area (Å²) in [6, 6.07) is 6.25. The van der Waals surface area contributed by atoms with Gasteiger partial charge in [0.2, 0.25) is 0 Å². The van der Waals surface area contributed by atoms with Crippen LogP contribution in [0.3, 0.4) is 0 Å². The molecule has 1 spiro atoms. The fraction of sp³-hybridized carbons (Fsp3) is 0.600. The van der Waals surface area contributed by atoms with Gasteiger partial charge < -0.3 is 5.32 Å². The summed E-state index contributed by atoms with van der Waals surface area (Å²) in [5.74, 6) is 0. The molecule has 2 aliphatic rings. The lowest BCUT2D eigenvalue weighted by Crippen LogP contribution is -2.29. The van der Waals surface area contributed by atoms with Crippen molar-refractivity contribution in [2.45, 2.75) is 26.3 Å². The van der Waals surface area contributed by atoms with Crippen LogP contribution >= 0.6 is 24.0 Å². The Bertz CT molecular complexity index is 442. The van der Waals surface area contributed by atoms with Gasteiger partial charge in [0, 0.05) is 24.7 Å². The number of aryl methyl sites for hydroxylation is 1. The summed E-state index contributed by atoms with van der Waals surface area (Å²) in [6.07, 6.45) is 2.70. The lowest BCUT2D eigenvalue weighted by atomic mass is 9.86. The van der Waals surface area contributed by atoms with Gasteiger partial charge in [-0.2, -0.15) is 0 Å². The maximum absolute atomic E-state index is 6.01. The topological polar surface area (TPSA) is 15.3 Å². The number of likely N-dealkylation sites (tertiary alicyclic amines) is 1. The second kappa shape index (κ2) is 6.01. The molecule has 3 rings (SSSR count). The molecule has 2 heterocycles. The van der Waals surface area contributed by atoms with Gasteiger partial charge in [-0.3, -0.25) is 4.90 Å². The van der Waals surface area contributed by atoms with Gasteiger partial charge in [-0.25, -0.2) is 0 Å². The van der Waals surface area contributed by atoms with Crippen LogP contribution in [0.2, 0.25) is 5.02 Å². The number of hydrogen-bond acceptors (Lipinski definition) is 2. The van der Waals surface area contributed by atoms with Crippen LogP contribution in [0.5, 0.6) is 0 Å². The van der Waals surface area contributed by atoms with Crippen LogP contribution in [0.25, 0.3) is 0 Å². The summed E-state index contributed by atoms with van der Waals surface area (Å²) in [6.45, 7) is 8.14. The summed E-state index contributed by atoms with van der Waals surface area (Å²) in [5.41, 5.74) is 3.30. The molecule has 2 nitrogen and oxygen atoms in total. The molecule has 1 atom stereocenters. The monoisotopic (exact) mass is 300 g/mol. The Labute approximate surface area is 126 Å². The third-order valence-electron chi connectivity index (χ3n) is 4.55. The van der Waals surface area contributed by atoms with E-state index in [-0.39, 0.29) is 12.4 Å². The van der Waals surface area contributed by atoms with Crippen LogP contribution < -0.4 is 5.32 Å². The van der Waals surface area contributed by atoms with Crippen molar-refractivity contribution in [1.29, 1.82) is 0 Å². The molecular weight excluding hydrogens is 279 g/mol. The van der Waals surface area contributed by atoms with E-state index in [9.17, 15) is 0 Å². The molecule has 19 heavy (non-hydrogen) atoms. The van der Waals surface area contributed by atoms with Crippen LogP contribution in [0.1, 0.15) is 24.0 Å².